The molecule has 3 rings (SSSR count). The number of nitrogens with zero attached hydrogens (tertiary/aromatic N) is 1. The van der Waals surface area contributed by atoms with E-state index in [4.69, 9.17) is 18.0 Å². The molecule has 0 spiro atoms. The smallest absolute Gasteiger partial charge is 0.184 e. The number of carbonyl (C=O) groups is 1. The van der Waals surface area contributed by atoms with Gasteiger partial charge in [-0.2, -0.15) is 5.10 Å². The van der Waals surface area contributed by atoms with Crippen molar-refractivity contribution in [3.8, 4) is 0 Å². The maximum Gasteiger partial charge on any atom is 0.184 e. The Balaban J connectivity index is 2.00. The zero-order chi connectivity index (χ0) is 14.3. The van der Waals surface area contributed by atoms with Crippen molar-refractivity contribution < 1.29 is 9.90 Å². The molecule has 0 amide bonds. The van der Waals surface area contributed by atoms with Gasteiger partial charge in [0, 0.05) is 11.8 Å². The minimum Gasteiger partial charge on any atom is -0.388 e. The predicted molar refractivity (Wildman–Crippen MR) is 80.1 cm³/mol. The van der Waals surface area contributed by atoms with Crippen LogP contribution in [0.5, 0.6) is 0 Å². The second-order valence-corrected chi connectivity index (χ2v) is 6.68. The van der Waals surface area contributed by atoms with E-state index in [0.717, 1.165) is 44.2 Å². The molecular weight excluding hydrogens is 274 g/mol. The Hall–Kier alpha value is -1.01. The number of Topliss-reactive ketones (excluding diaryl/α,β-unsaturated/α-hetero) is 1. The highest BCUT2D eigenvalue weighted by Crippen LogP contribution is 2.50. The molecule has 0 heterocycles. The Morgan fingerprint density at radius 3 is 2.80 bits per heavy atom. The Kier molecular flexibility index (Phi) is 3.54. The number of nitrogens with one attached hydrogen (secondary N) is 1. The summed E-state index contributed by atoms with van der Waals surface area (Å²) in [5, 5.41) is 15.5. The van der Waals surface area contributed by atoms with Crippen molar-refractivity contribution in [1.29, 1.82) is 0 Å². The van der Waals surface area contributed by atoms with Crippen LogP contribution in [0.4, 0.5) is 0 Å². The monoisotopic (exact) mass is 295 g/mol. The molecule has 3 saturated carbocycles. The summed E-state index contributed by atoms with van der Waals surface area (Å²) in [5.41, 5.74) is 7.94. The van der Waals surface area contributed by atoms with E-state index in [1.54, 1.807) is 0 Å². The molecule has 20 heavy (non-hydrogen) atoms. The highest BCUT2D eigenvalue weighted by Gasteiger charge is 2.58. The molecule has 0 saturated heterocycles. The van der Waals surface area contributed by atoms with Crippen LogP contribution in [0, 0.1) is 17.8 Å². The fourth-order valence-corrected chi connectivity index (χ4v) is 4.41. The van der Waals surface area contributed by atoms with Gasteiger partial charge in [-0.25, -0.2) is 0 Å². The van der Waals surface area contributed by atoms with Crippen molar-refractivity contribution in [1.82, 2.24) is 5.43 Å². The first kappa shape index (κ1) is 13.9. The highest BCUT2D eigenvalue weighted by molar-refractivity contribution is 7.80. The lowest BCUT2D eigenvalue weighted by molar-refractivity contribution is -0.150. The van der Waals surface area contributed by atoms with Crippen molar-refractivity contribution in [3.05, 3.63) is 0 Å². The number of aliphatic hydroxyl groups is 1. The Labute approximate surface area is 124 Å². The van der Waals surface area contributed by atoms with Gasteiger partial charge in [-0.3, -0.25) is 10.2 Å². The summed E-state index contributed by atoms with van der Waals surface area (Å²) in [7, 11) is 0. The SMILES string of the molecule is NC(=S)NN=C1C2CCCC(C2=O)[C@@]2(O)CCCCC12. The van der Waals surface area contributed by atoms with Gasteiger partial charge in [-0.15, -0.1) is 0 Å². The number of thiocarbonyl (C=S) groups is 1. The molecule has 5 nitrogen and oxygen atoms in total. The summed E-state index contributed by atoms with van der Waals surface area (Å²) in [6.45, 7) is 0. The number of carbonyl (C=O) groups excluding carboxylic acids is 1. The molecule has 0 radical (unpaired) electrons. The van der Waals surface area contributed by atoms with Gasteiger partial charge in [0.2, 0.25) is 0 Å². The van der Waals surface area contributed by atoms with Gasteiger partial charge >= 0.3 is 0 Å². The van der Waals surface area contributed by atoms with Crippen LogP contribution in [-0.2, 0) is 4.79 Å². The molecule has 2 bridgehead atoms. The Morgan fingerprint density at radius 1 is 1.30 bits per heavy atom. The Bertz CT molecular complexity index is 479. The van der Waals surface area contributed by atoms with Crippen molar-refractivity contribution >= 4 is 28.8 Å². The lowest BCUT2D eigenvalue weighted by atomic mass is 9.54. The van der Waals surface area contributed by atoms with Gasteiger partial charge in [-0.05, 0) is 37.9 Å². The molecule has 4 N–H and O–H groups in total. The maximum absolute atomic E-state index is 12.6. The van der Waals surface area contributed by atoms with E-state index in [-0.39, 0.29) is 28.6 Å². The zero-order valence-electron chi connectivity index (χ0n) is 11.5. The van der Waals surface area contributed by atoms with E-state index >= 15 is 0 Å². The molecule has 110 valence electrons. The predicted octanol–water partition coefficient (Wildman–Crippen LogP) is 1.10. The van der Waals surface area contributed by atoms with E-state index < -0.39 is 5.60 Å². The number of nitrogens with two attached hydrogens (primary N) is 1. The summed E-state index contributed by atoms with van der Waals surface area (Å²) < 4.78 is 0. The summed E-state index contributed by atoms with van der Waals surface area (Å²) in [6.07, 6.45) is 6.28. The normalized spacial score (nSPS) is 42.1. The van der Waals surface area contributed by atoms with Crippen molar-refractivity contribution in [2.75, 3.05) is 0 Å². The summed E-state index contributed by atoms with van der Waals surface area (Å²) in [6, 6.07) is 0. The van der Waals surface area contributed by atoms with Crippen LogP contribution < -0.4 is 11.2 Å². The van der Waals surface area contributed by atoms with E-state index in [9.17, 15) is 9.90 Å². The molecule has 0 aromatic rings. The first-order valence-corrected chi connectivity index (χ1v) is 7.84. The van der Waals surface area contributed by atoms with Crippen molar-refractivity contribution in [3.63, 3.8) is 0 Å². The van der Waals surface area contributed by atoms with Crippen LogP contribution in [0.3, 0.4) is 0 Å². The fourth-order valence-electron chi connectivity index (χ4n) is 4.36. The van der Waals surface area contributed by atoms with Crippen LogP contribution in [0.1, 0.15) is 44.9 Å². The second kappa shape index (κ2) is 5.07. The molecule has 0 aromatic carbocycles. The minimum atomic E-state index is -0.900. The summed E-state index contributed by atoms with van der Waals surface area (Å²) in [4.78, 5) is 12.6. The molecule has 6 heteroatoms. The Morgan fingerprint density at radius 2 is 2.05 bits per heavy atom. The van der Waals surface area contributed by atoms with Crippen molar-refractivity contribution in [2.45, 2.75) is 50.5 Å². The van der Waals surface area contributed by atoms with Gasteiger partial charge in [0.05, 0.1) is 17.2 Å². The number of rotatable bonds is 1. The average molecular weight is 295 g/mol. The molecule has 4 atom stereocenters. The molecule has 3 aliphatic rings. The van der Waals surface area contributed by atoms with E-state index in [1.807, 2.05) is 0 Å². The number of ketones is 1. The third-order valence-electron chi connectivity index (χ3n) is 5.21. The van der Waals surface area contributed by atoms with E-state index in [0.29, 0.717) is 6.42 Å². The van der Waals surface area contributed by atoms with Crippen LogP contribution in [0.2, 0.25) is 0 Å². The topological polar surface area (TPSA) is 87.7 Å². The molecule has 0 aliphatic heterocycles. The third-order valence-corrected chi connectivity index (χ3v) is 5.30. The highest BCUT2D eigenvalue weighted by atomic mass is 32.1. The van der Waals surface area contributed by atoms with Crippen LogP contribution in [0.25, 0.3) is 0 Å². The summed E-state index contributed by atoms with van der Waals surface area (Å²) >= 11 is 4.79. The van der Waals surface area contributed by atoms with Crippen LogP contribution in [-0.4, -0.2) is 27.3 Å². The molecule has 0 aromatic heterocycles. The van der Waals surface area contributed by atoms with E-state index in [2.05, 4.69) is 10.5 Å². The lowest BCUT2D eigenvalue weighted by Gasteiger charge is -2.52. The summed E-state index contributed by atoms with van der Waals surface area (Å²) in [5.74, 6) is -0.208. The van der Waals surface area contributed by atoms with Gasteiger partial charge in [0.15, 0.2) is 5.11 Å². The van der Waals surface area contributed by atoms with Crippen LogP contribution in [0.15, 0.2) is 5.10 Å². The first-order chi connectivity index (χ1) is 9.54. The number of hydrogen-bond acceptors (Lipinski definition) is 4. The van der Waals surface area contributed by atoms with Crippen LogP contribution >= 0.6 is 12.2 Å². The number of hydrazone groups is 1. The molecular formula is C14H21N3O2S. The fraction of sp³-hybridized carbons (Fsp3) is 0.786. The maximum atomic E-state index is 12.6. The molecule has 3 aliphatic carbocycles. The van der Waals surface area contributed by atoms with Crippen molar-refractivity contribution in [2.24, 2.45) is 28.6 Å². The zero-order valence-corrected chi connectivity index (χ0v) is 12.3. The van der Waals surface area contributed by atoms with Gasteiger partial charge < -0.3 is 10.8 Å². The first-order valence-electron chi connectivity index (χ1n) is 7.43. The number of hydrogen-bond donors (Lipinski definition) is 3. The second-order valence-electron chi connectivity index (χ2n) is 6.24. The van der Waals surface area contributed by atoms with Gasteiger partial charge in [-0.1, -0.05) is 19.3 Å². The average Bonchev–Trinajstić information content (AvgIpc) is 2.40. The van der Waals surface area contributed by atoms with E-state index in [1.165, 1.54) is 0 Å². The third kappa shape index (κ3) is 2.05. The molecule has 3 unspecified atom stereocenters. The van der Waals surface area contributed by atoms with Gasteiger partial charge in [0.25, 0.3) is 0 Å². The van der Waals surface area contributed by atoms with Gasteiger partial charge in [0.1, 0.15) is 5.78 Å². The quantitative estimate of drug-likeness (QED) is 0.498. The standard InChI is InChI=1S/C14H21N3O2S/c15-13(20)17-16-11-8-4-3-6-10(12(8)18)14(19)7-2-1-5-9(11)14/h8-10,19H,1-7H2,(H3,15,17,20)/t8?,9?,10?,14-/m1/s1. The molecule has 3 fully saturated rings. The number of fused-ring (bicyclic) bond motifs is 4. The largest absolute Gasteiger partial charge is 0.388 e. The minimum absolute atomic E-state index is 0.0221. The lowest BCUT2D eigenvalue weighted by Crippen LogP contribution is -2.62.